The number of benzene rings is 1. The van der Waals surface area contributed by atoms with Crippen molar-refractivity contribution in [3.05, 3.63) is 82.6 Å². The summed E-state index contributed by atoms with van der Waals surface area (Å²) in [5.41, 5.74) is 0.275. The number of carbonyl (C=O) groups excluding carboxylic acids is 1. The quantitative estimate of drug-likeness (QED) is 0.329. The average Bonchev–Trinajstić information content (AvgIpc) is 2.93. The molecule has 1 fully saturated rings. The number of aromatic nitrogens is 4. The molecular weight excluding hydrogens is 542 g/mol. The molecule has 42 heavy (non-hydrogen) atoms. The number of phenols is 1. The summed E-state index contributed by atoms with van der Waals surface area (Å²) in [6.07, 6.45) is 2.89. The van der Waals surface area contributed by atoms with E-state index in [0.29, 0.717) is 36.6 Å². The van der Waals surface area contributed by atoms with Gasteiger partial charge in [0.2, 0.25) is 5.91 Å². The molecule has 4 aromatic rings. The molecule has 3 aromatic heterocycles. The molecule has 0 radical (unpaired) electrons. The van der Waals surface area contributed by atoms with Gasteiger partial charge < -0.3 is 14.9 Å². The van der Waals surface area contributed by atoms with Crippen LogP contribution >= 0.6 is 0 Å². The Bertz CT molecular complexity index is 1730. The van der Waals surface area contributed by atoms with Crippen LogP contribution in [-0.2, 0) is 4.79 Å². The third-order valence-corrected chi connectivity index (χ3v) is 7.34. The fraction of sp³-hybridized carbons (Fsp3) is 0.323. The van der Waals surface area contributed by atoms with Crippen molar-refractivity contribution in [1.82, 2.24) is 24.4 Å². The van der Waals surface area contributed by atoms with Crippen molar-refractivity contribution in [1.29, 1.82) is 0 Å². The number of piperazine rings is 1. The number of carbonyl (C=O) groups is 1. The number of hydrogen-bond acceptors (Lipinski definition) is 7. The Labute approximate surface area is 242 Å². The Hall–Kier alpha value is -4.67. The van der Waals surface area contributed by atoms with Crippen LogP contribution in [0.25, 0.3) is 28.0 Å². The summed E-state index contributed by atoms with van der Waals surface area (Å²) in [4.78, 5) is 43.0. The lowest BCUT2D eigenvalue weighted by molar-refractivity contribution is -0.126. The predicted molar refractivity (Wildman–Crippen MR) is 159 cm³/mol. The molecule has 0 aliphatic carbocycles. The van der Waals surface area contributed by atoms with Crippen molar-refractivity contribution in [3.8, 4) is 22.7 Å². The molecule has 1 N–H and O–H groups in total. The lowest BCUT2D eigenvalue weighted by atomic mass is 10.0. The van der Waals surface area contributed by atoms with Crippen molar-refractivity contribution in [3.63, 3.8) is 0 Å². The van der Waals surface area contributed by atoms with E-state index in [9.17, 15) is 19.1 Å². The zero-order valence-electron chi connectivity index (χ0n) is 23.2. The second kappa shape index (κ2) is 11.7. The summed E-state index contributed by atoms with van der Waals surface area (Å²) in [7, 11) is 0. The SMILES string of the molecule is C.C=CC(=O)N1CCN(c2nc(=O)n(-c3c(C)ccnc3C(C)C)c3nc(-c4c(O)cccc4F)c(F)cc23)[C@@H](C)C1. The lowest BCUT2D eigenvalue weighted by Gasteiger charge is -2.40. The summed E-state index contributed by atoms with van der Waals surface area (Å²) in [5, 5.41) is 10.7. The number of aryl methyl sites for hydroxylation is 1. The van der Waals surface area contributed by atoms with Gasteiger partial charge in [0.05, 0.1) is 22.3 Å². The van der Waals surface area contributed by atoms with Crippen LogP contribution in [0, 0.1) is 18.6 Å². The van der Waals surface area contributed by atoms with Crippen LogP contribution < -0.4 is 10.6 Å². The number of aromatic hydroxyl groups is 1. The van der Waals surface area contributed by atoms with Gasteiger partial charge in [0.15, 0.2) is 11.5 Å². The van der Waals surface area contributed by atoms with Crippen LogP contribution in [0.2, 0.25) is 0 Å². The first-order valence-electron chi connectivity index (χ1n) is 13.3. The minimum absolute atomic E-state index is 0. The lowest BCUT2D eigenvalue weighted by Crippen LogP contribution is -2.54. The minimum atomic E-state index is -0.897. The third-order valence-electron chi connectivity index (χ3n) is 7.34. The molecule has 0 saturated carbocycles. The molecule has 11 heteroatoms. The molecule has 9 nitrogen and oxygen atoms in total. The second-order valence-electron chi connectivity index (χ2n) is 10.4. The monoisotopic (exact) mass is 576 g/mol. The van der Waals surface area contributed by atoms with Gasteiger partial charge in [-0.25, -0.2) is 23.1 Å². The van der Waals surface area contributed by atoms with Crippen LogP contribution in [-0.4, -0.2) is 61.1 Å². The molecule has 0 unspecified atom stereocenters. The van der Waals surface area contributed by atoms with Gasteiger partial charge in [-0.05, 0) is 55.7 Å². The van der Waals surface area contributed by atoms with Gasteiger partial charge in [0.25, 0.3) is 0 Å². The van der Waals surface area contributed by atoms with Gasteiger partial charge in [-0.2, -0.15) is 4.98 Å². The highest BCUT2D eigenvalue weighted by Gasteiger charge is 2.31. The smallest absolute Gasteiger partial charge is 0.355 e. The van der Waals surface area contributed by atoms with E-state index in [0.717, 1.165) is 12.1 Å². The van der Waals surface area contributed by atoms with Crippen LogP contribution in [0.3, 0.4) is 0 Å². The van der Waals surface area contributed by atoms with E-state index in [2.05, 4.69) is 21.5 Å². The van der Waals surface area contributed by atoms with E-state index in [1.165, 1.54) is 22.8 Å². The van der Waals surface area contributed by atoms with Crippen molar-refractivity contribution < 1.29 is 18.7 Å². The highest BCUT2D eigenvalue weighted by molar-refractivity contribution is 5.91. The van der Waals surface area contributed by atoms with Crippen molar-refractivity contribution in [2.24, 2.45) is 0 Å². The molecule has 220 valence electrons. The van der Waals surface area contributed by atoms with Crippen molar-refractivity contribution in [2.45, 2.75) is 47.1 Å². The maximum Gasteiger partial charge on any atom is 0.355 e. The first-order valence-corrected chi connectivity index (χ1v) is 13.3. The Morgan fingerprint density at radius 3 is 2.55 bits per heavy atom. The molecule has 1 aliphatic heterocycles. The molecular formula is C31H34F2N6O3. The standard InChI is InChI=1S/C30H30F2N6O3.CH4/c1-6-23(40)36-12-13-37(18(5)15-36)28-19-14-21(32)26(24-20(31)8-7-9-22(24)39)34-29(19)38(30(41)35-28)27-17(4)10-11-33-25(27)16(2)3;/h6-11,14,16,18,39H,1,12-13,15H2,2-5H3;1H4/t18-;/m0./s1. The van der Waals surface area contributed by atoms with Crippen molar-refractivity contribution in [2.75, 3.05) is 24.5 Å². The Morgan fingerprint density at radius 1 is 1.17 bits per heavy atom. The fourth-order valence-electron chi connectivity index (χ4n) is 5.33. The number of nitrogens with zero attached hydrogens (tertiary/aromatic N) is 6. The normalized spacial score (nSPS) is 15.2. The summed E-state index contributed by atoms with van der Waals surface area (Å²) in [6.45, 7) is 12.1. The second-order valence-corrected chi connectivity index (χ2v) is 10.4. The van der Waals surface area contributed by atoms with Gasteiger partial charge in [-0.3, -0.25) is 9.78 Å². The molecule has 4 heterocycles. The largest absolute Gasteiger partial charge is 0.507 e. The van der Waals surface area contributed by atoms with Gasteiger partial charge in [-0.1, -0.05) is 33.9 Å². The molecule has 1 atom stereocenters. The zero-order chi connectivity index (χ0) is 29.6. The fourth-order valence-corrected chi connectivity index (χ4v) is 5.33. The molecule has 0 bridgehead atoms. The number of hydrogen-bond donors (Lipinski definition) is 1. The number of pyridine rings is 2. The van der Waals surface area contributed by atoms with Crippen molar-refractivity contribution >= 4 is 22.8 Å². The summed E-state index contributed by atoms with van der Waals surface area (Å²) in [5.74, 6) is -2.35. The van der Waals surface area contributed by atoms with E-state index in [1.54, 1.807) is 17.2 Å². The predicted octanol–water partition coefficient (Wildman–Crippen LogP) is 5.12. The molecule has 1 amide bonds. The number of rotatable bonds is 5. The number of amides is 1. The Kier molecular flexibility index (Phi) is 8.42. The first-order chi connectivity index (χ1) is 19.5. The van der Waals surface area contributed by atoms with E-state index in [1.807, 2.05) is 32.6 Å². The Morgan fingerprint density at radius 2 is 1.90 bits per heavy atom. The first kappa shape index (κ1) is 30.3. The minimum Gasteiger partial charge on any atom is -0.507 e. The van der Waals surface area contributed by atoms with E-state index < -0.39 is 34.3 Å². The molecule has 1 aliphatic rings. The molecule has 1 aromatic carbocycles. The van der Waals surface area contributed by atoms with Gasteiger partial charge in [-0.15, -0.1) is 0 Å². The Balaban J connectivity index is 0.00000405. The summed E-state index contributed by atoms with van der Waals surface area (Å²) in [6, 6.07) is 6.27. The van der Waals surface area contributed by atoms with Crippen LogP contribution in [0.1, 0.15) is 45.4 Å². The molecule has 1 saturated heterocycles. The molecule has 5 rings (SSSR count). The highest BCUT2D eigenvalue weighted by Crippen LogP contribution is 2.36. The number of phenolic OH excluding ortho intramolecular Hbond substituents is 1. The highest BCUT2D eigenvalue weighted by atomic mass is 19.1. The topological polar surface area (TPSA) is 104 Å². The summed E-state index contributed by atoms with van der Waals surface area (Å²) < 4.78 is 32.0. The van der Waals surface area contributed by atoms with Crippen LogP contribution in [0.15, 0.2) is 54.0 Å². The summed E-state index contributed by atoms with van der Waals surface area (Å²) >= 11 is 0. The number of anilines is 1. The number of halogens is 2. The average molecular weight is 577 g/mol. The van der Waals surface area contributed by atoms with Crippen LogP contribution in [0.4, 0.5) is 14.6 Å². The van der Waals surface area contributed by atoms with Gasteiger partial charge in [0.1, 0.15) is 23.1 Å². The third kappa shape index (κ3) is 5.10. The molecule has 0 spiro atoms. The maximum atomic E-state index is 15.8. The van der Waals surface area contributed by atoms with Crippen LogP contribution in [0.5, 0.6) is 5.75 Å². The zero-order valence-corrected chi connectivity index (χ0v) is 23.2. The number of fused-ring (bicyclic) bond motifs is 1. The van der Waals surface area contributed by atoms with E-state index in [-0.39, 0.29) is 42.1 Å². The van der Waals surface area contributed by atoms with Gasteiger partial charge in [0, 0.05) is 31.9 Å². The van der Waals surface area contributed by atoms with E-state index >= 15 is 4.39 Å². The van der Waals surface area contributed by atoms with E-state index in [4.69, 9.17) is 0 Å². The van der Waals surface area contributed by atoms with Gasteiger partial charge >= 0.3 is 5.69 Å². The maximum absolute atomic E-state index is 15.8.